The summed E-state index contributed by atoms with van der Waals surface area (Å²) in [5, 5.41) is 9.16. The Bertz CT molecular complexity index is 321. The third-order valence-corrected chi connectivity index (χ3v) is 4.12. The summed E-state index contributed by atoms with van der Waals surface area (Å²) in [5.74, 6) is 2.28. The number of aliphatic hydroxyl groups excluding tert-OH is 1. The number of terminal acetylenes is 1. The van der Waals surface area contributed by atoms with Crippen LogP contribution in [0.4, 0.5) is 0 Å². The molecule has 0 unspecified atom stereocenters. The van der Waals surface area contributed by atoms with Gasteiger partial charge in [-0.25, -0.2) is 0 Å². The lowest BCUT2D eigenvalue weighted by atomic mass is 10.1. The molecule has 1 nitrogen and oxygen atoms in total. The molecule has 0 saturated carbocycles. The Balaban J connectivity index is 3.15. The molecule has 0 radical (unpaired) electrons. The van der Waals surface area contributed by atoms with Gasteiger partial charge in [0.05, 0.1) is 0 Å². The second-order valence-electron chi connectivity index (χ2n) is 6.41. The molecular weight excluding hydrogens is 280 g/mol. The van der Waals surface area contributed by atoms with Gasteiger partial charge in [-0.2, -0.15) is 0 Å². The highest BCUT2D eigenvalue weighted by atomic mass is 16.3. The van der Waals surface area contributed by atoms with Gasteiger partial charge in [0.15, 0.2) is 0 Å². The van der Waals surface area contributed by atoms with Crippen molar-refractivity contribution < 1.29 is 5.11 Å². The van der Waals surface area contributed by atoms with Crippen LogP contribution in [0.2, 0.25) is 0 Å². The van der Waals surface area contributed by atoms with Crippen LogP contribution < -0.4 is 0 Å². The average Bonchev–Trinajstić information content (AvgIpc) is 2.57. The highest BCUT2D eigenvalue weighted by Crippen LogP contribution is 2.11. The lowest BCUT2D eigenvalue weighted by molar-refractivity contribution is 0.280. The molecule has 1 heteroatoms. The van der Waals surface area contributed by atoms with Gasteiger partial charge in [0, 0.05) is 0 Å². The van der Waals surface area contributed by atoms with Crippen LogP contribution in [0.15, 0.2) is 24.3 Å². The van der Waals surface area contributed by atoms with Gasteiger partial charge >= 0.3 is 0 Å². The van der Waals surface area contributed by atoms with E-state index < -0.39 is 6.10 Å². The summed E-state index contributed by atoms with van der Waals surface area (Å²) in [5.41, 5.74) is 0. The fraction of sp³-hybridized carbons (Fsp3) is 0.727. The zero-order valence-corrected chi connectivity index (χ0v) is 15.3. The molecule has 1 atom stereocenters. The maximum atomic E-state index is 9.16. The molecule has 0 aromatic rings. The standard InChI is InChI=1S/C22H38O/c1-3-5-6-7-8-9-10-11-12-13-14-15-16-17-18-19-20-21-22(23)4-2/h2,9-10,20-23H,3,5-8,11-19H2,1H3/b10-9?,21-20+/t22-/m0/s1. The normalized spacial score (nSPS) is 12.9. The predicted molar refractivity (Wildman–Crippen MR) is 103 cm³/mol. The predicted octanol–water partition coefficient (Wildman–Crippen LogP) is 6.57. The lowest BCUT2D eigenvalue weighted by Crippen LogP contribution is -1.95. The first-order valence-corrected chi connectivity index (χ1v) is 9.77. The zero-order chi connectivity index (χ0) is 17.0. The van der Waals surface area contributed by atoms with Crippen molar-refractivity contribution in [2.75, 3.05) is 0 Å². The Morgan fingerprint density at radius 1 is 0.739 bits per heavy atom. The van der Waals surface area contributed by atoms with Gasteiger partial charge < -0.3 is 5.11 Å². The second kappa shape index (κ2) is 19.0. The summed E-state index contributed by atoms with van der Waals surface area (Å²) in [7, 11) is 0. The molecule has 0 bridgehead atoms. The van der Waals surface area contributed by atoms with Gasteiger partial charge in [-0.15, -0.1) is 6.42 Å². The van der Waals surface area contributed by atoms with Crippen molar-refractivity contribution in [3.63, 3.8) is 0 Å². The quantitative estimate of drug-likeness (QED) is 0.194. The summed E-state index contributed by atoms with van der Waals surface area (Å²) in [4.78, 5) is 0. The zero-order valence-electron chi connectivity index (χ0n) is 15.3. The van der Waals surface area contributed by atoms with Gasteiger partial charge in [-0.05, 0) is 44.6 Å². The van der Waals surface area contributed by atoms with E-state index in [4.69, 9.17) is 11.5 Å². The molecule has 1 N–H and O–H groups in total. The van der Waals surface area contributed by atoms with Crippen LogP contribution in [0.1, 0.15) is 96.8 Å². The Kier molecular flexibility index (Phi) is 18.2. The van der Waals surface area contributed by atoms with Crippen molar-refractivity contribution in [1.82, 2.24) is 0 Å². The molecule has 132 valence electrons. The van der Waals surface area contributed by atoms with Crippen LogP contribution in [0, 0.1) is 12.3 Å². The molecule has 0 amide bonds. The van der Waals surface area contributed by atoms with E-state index >= 15 is 0 Å². The monoisotopic (exact) mass is 318 g/mol. The first-order chi connectivity index (χ1) is 11.3. The van der Waals surface area contributed by atoms with E-state index in [0.717, 1.165) is 6.42 Å². The van der Waals surface area contributed by atoms with E-state index in [1.807, 2.05) is 6.08 Å². The average molecular weight is 319 g/mol. The lowest BCUT2D eigenvalue weighted by Gasteiger charge is -2.00. The van der Waals surface area contributed by atoms with Gasteiger partial charge in [-0.3, -0.25) is 0 Å². The van der Waals surface area contributed by atoms with Crippen LogP contribution in [0.5, 0.6) is 0 Å². The first-order valence-electron chi connectivity index (χ1n) is 9.77. The minimum absolute atomic E-state index is 0.708. The van der Waals surface area contributed by atoms with Crippen molar-refractivity contribution in [3.05, 3.63) is 24.3 Å². The molecule has 0 aliphatic rings. The summed E-state index contributed by atoms with van der Waals surface area (Å²) in [6, 6.07) is 0. The molecule has 0 aliphatic carbocycles. The van der Waals surface area contributed by atoms with E-state index in [1.165, 1.54) is 83.5 Å². The van der Waals surface area contributed by atoms with Crippen molar-refractivity contribution in [3.8, 4) is 12.3 Å². The highest BCUT2D eigenvalue weighted by molar-refractivity contribution is 5.05. The number of hydrogen-bond donors (Lipinski definition) is 1. The fourth-order valence-electron chi connectivity index (χ4n) is 2.61. The van der Waals surface area contributed by atoms with Crippen LogP contribution >= 0.6 is 0 Å². The molecule has 0 heterocycles. The Morgan fingerprint density at radius 3 is 1.65 bits per heavy atom. The van der Waals surface area contributed by atoms with E-state index in [2.05, 4.69) is 25.0 Å². The maximum absolute atomic E-state index is 9.16. The molecule has 0 spiro atoms. The molecule has 0 saturated heterocycles. The van der Waals surface area contributed by atoms with E-state index in [-0.39, 0.29) is 0 Å². The molecule has 23 heavy (non-hydrogen) atoms. The maximum Gasteiger partial charge on any atom is 0.133 e. The van der Waals surface area contributed by atoms with Crippen LogP contribution in [0.25, 0.3) is 0 Å². The molecule has 0 fully saturated rings. The Labute approximate surface area is 145 Å². The summed E-state index contributed by atoms with van der Waals surface area (Å²) in [6.45, 7) is 2.26. The summed E-state index contributed by atoms with van der Waals surface area (Å²) in [6.07, 6.45) is 31.1. The minimum Gasteiger partial charge on any atom is -0.377 e. The van der Waals surface area contributed by atoms with Crippen LogP contribution in [-0.2, 0) is 0 Å². The number of aliphatic hydroxyl groups is 1. The Morgan fingerprint density at radius 2 is 1.17 bits per heavy atom. The van der Waals surface area contributed by atoms with E-state index in [0.29, 0.717) is 0 Å². The largest absolute Gasteiger partial charge is 0.377 e. The van der Waals surface area contributed by atoms with Crippen molar-refractivity contribution in [2.24, 2.45) is 0 Å². The number of rotatable bonds is 16. The van der Waals surface area contributed by atoms with Crippen molar-refractivity contribution >= 4 is 0 Å². The third kappa shape index (κ3) is 19.0. The SMILES string of the molecule is C#C[C@H](O)/C=C/CCCCCCCCCC=CCCCCCC. The first kappa shape index (κ1) is 22.0. The van der Waals surface area contributed by atoms with Gasteiger partial charge in [-0.1, -0.05) is 82.4 Å². The Hall–Kier alpha value is -1.00. The molecule has 0 rings (SSSR count). The van der Waals surface area contributed by atoms with Gasteiger partial charge in [0.2, 0.25) is 0 Å². The number of hydrogen-bond acceptors (Lipinski definition) is 1. The molecular formula is C22H38O. The van der Waals surface area contributed by atoms with E-state index in [1.54, 1.807) is 6.08 Å². The fourth-order valence-corrected chi connectivity index (χ4v) is 2.61. The topological polar surface area (TPSA) is 20.2 Å². The number of allylic oxidation sites excluding steroid dienone is 3. The third-order valence-electron chi connectivity index (χ3n) is 4.12. The van der Waals surface area contributed by atoms with Crippen molar-refractivity contribution in [2.45, 2.75) is 103 Å². The van der Waals surface area contributed by atoms with Crippen LogP contribution in [-0.4, -0.2) is 11.2 Å². The summed E-state index contributed by atoms with van der Waals surface area (Å²) < 4.78 is 0. The van der Waals surface area contributed by atoms with Gasteiger partial charge in [0.1, 0.15) is 6.10 Å². The summed E-state index contributed by atoms with van der Waals surface area (Å²) >= 11 is 0. The minimum atomic E-state index is -0.708. The molecule has 0 aliphatic heterocycles. The van der Waals surface area contributed by atoms with Crippen molar-refractivity contribution in [1.29, 1.82) is 0 Å². The smallest absolute Gasteiger partial charge is 0.133 e. The van der Waals surface area contributed by atoms with Gasteiger partial charge in [0.25, 0.3) is 0 Å². The number of unbranched alkanes of at least 4 members (excludes halogenated alkanes) is 12. The molecule has 0 aromatic heterocycles. The second-order valence-corrected chi connectivity index (χ2v) is 6.41. The van der Waals surface area contributed by atoms with E-state index in [9.17, 15) is 0 Å². The molecule has 0 aromatic carbocycles. The highest BCUT2D eigenvalue weighted by Gasteiger charge is 1.92. The van der Waals surface area contributed by atoms with Crippen LogP contribution in [0.3, 0.4) is 0 Å².